The lowest BCUT2D eigenvalue weighted by molar-refractivity contribution is -0.275. The predicted molar refractivity (Wildman–Crippen MR) is 66.8 cm³/mol. The minimum absolute atomic E-state index is 0.253. The van der Waals surface area contributed by atoms with Gasteiger partial charge in [-0.05, 0) is 25.3 Å². The molecule has 2 unspecified atom stereocenters. The number of rotatable bonds is 4. The van der Waals surface area contributed by atoms with Gasteiger partial charge in [-0.1, -0.05) is 18.2 Å². The van der Waals surface area contributed by atoms with Crippen LogP contribution in [0.15, 0.2) is 24.3 Å². The Labute approximate surface area is 115 Å². The molecule has 20 heavy (non-hydrogen) atoms. The summed E-state index contributed by atoms with van der Waals surface area (Å²) in [7, 11) is 0. The van der Waals surface area contributed by atoms with E-state index in [0.717, 1.165) is 19.3 Å². The molecule has 1 aliphatic rings. The maximum atomic E-state index is 12.4. The van der Waals surface area contributed by atoms with Gasteiger partial charge in [-0.25, -0.2) is 0 Å². The topological polar surface area (TPSA) is 56.5 Å². The van der Waals surface area contributed by atoms with E-state index in [9.17, 15) is 13.2 Å². The summed E-state index contributed by atoms with van der Waals surface area (Å²) in [4.78, 5) is 0. The van der Waals surface area contributed by atoms with Crippen LogP contribution in [0.5, 0.6) is 5.75 Å². The van der Waals surface area contributed by atoms with Crippen LogP contribution in [-0.2, 0) is 4.74 Å². The van der Waals surface area contributed by atoms with Gasteiger partial charge in [-0.3, -0.25) is 11.3 Å². The van der Waals surface area contributed by atoms with E-state index in [4.69, 9.17) is 10.6 Å². The molecule has 2 rings (SSSR count). The molecule has 1 saturated heterocycles. The molecule has 4 nitrogen and oxygen atoms in total. The summed E-state index contributed by atoms with van der Waals surface area (Å²) in [6, 6.07) is 5.43. The fourth-order valence-electron chi connectivity index (χ4n) is 2.38. The summed E-state index contributed by atoms with van der Waals surface area (Å²) < 4.78 is 46.9. The van der Waals surface area contributed by atoms with Crippen LogP contribution >= 0.6 is 0 Å². The van der Waals surface area contributed by atoms with Crippen molar-refractivity contribution in [1.29, 1.82) is 0 Å². The second kappa shape index (κ2) is 6.43. The molecule has 0 aromatic heterocycles. The standard InChI is InChI=1S/C13H17F3N2O2/c14-13(15,16)20-10-6-2-1-5-9(10)12(18-17)11-7-3-4-8-19-11/h1-2,5-6,11-12,18H,3-4,7-8,17H2. The zero-order chi connectivity index (χ0) is 14.6. The first-order valence-corrected chi connectivity index (χ1v) is 6.43. The largest absolute Gasteiger partial charge is 0.573 e. The molecule has 0 spiro atoms. The third kappa shape index (κ3) is 3.84. The Hall–Kier alpha value is -1.31. The monoisotopic (exact) mass is 290 g/mol. The molecule has 7 heteroatoms. The molecule has 2 atom stereocenters. The molecule has 1 aliphatic heterocycles. The van der Waals surface area contributed by atoms with E-state index < -0.39 is 12.4 Å². The highest BCUT2D eigenvalue weighted by atomic mass is 19.4. The number of benzene rings is 1. The molecular weight excluding hydrogens is 273 g/mol. The number of hydrogen-bond acceptors (Lipinski definition) is 4. The van der Waals surface area contributed by atoms with Gasteiger partial charge in [0, 0.05) is 12.2 Å². The second-order valence-electron chi connectivity index (χ2n) is 4.63. The van der Waals surface area contributed by atoms with Crippen LogP contribution in [0.3, 0.4) is 0 Å². The number of alkyl halides is 3. The van der Waals surface area contributed by atoms with E-state index in [0.29, 0.717) is 12.2 Å². The summed E-state index contributed by atoms with van der Waals surface area (Å²) in [5.74, 6) is 5.25. The average molecular weight is 290 g/mol. The Morgan fingerprint density at radius 1 is 1.30 bits per heavy atom. The number of hydrogen-bond donors (Lipinski definition) is 2. The number of halogens is 3. The van der Waals surface area contributed by atoms with E-state index in [2.05, 4.69) is 10.2 Å². The quantitative estimate of drug-likeness (QED) is 0.661. The number of ether oxygens (including phenoxy) is 2. The molecule has 1 aromatic rings. The Kier molecular flexibility index (Phi) is 4.85. The van der Waals surface area contributed by atoms with Crippen LogP contribution in [0.25, 0.3) is 0 Å². The molecular formula is C13H17F3N2O2. The van der Waals surface area contributed by atoms with Crippen molar-refractivity contribution in [2.24, 2.45) is 5.84 Å². The van der Waals surface area contributed by atoms with E-state index in [-0.39, 0.29) is 11.9 Å². The SMILES string of the molecule is NNC(c1ccccc1OC(F)(F)F)C1CCCCO1. The van der Waals surface area contributed by atoms with Gasteiger partial charge in [-0.2, -0.15) is 0 Å². The number of nitrogens with two attached hydrogens (primary N) is 1. The lowest BCUT2D eigenvalue weighted by atomic mass is 9.95. The molecule has 3 N–H and O–H groups in total. The first-order valence-electron chi connectivity index (χ1n) is 6.43. The van der Waals surface area contributed by atoms with Gasteiger partial charge in [0.25, 0.3) is 0 Å². The molecule has 1 heterocycles. The van der Waals surface area contributed by atoms with Gasteiger partial charge in [0.05, 0.1) is 12.1 Å². The molecule has 0 bridgehead atoms. The van der Waals surface area contributed by atoms with Gasteiger partial charge in [0.1, 0.15) is 5.75 Å². The Balaban J connectivity index is 2.24. The minimum atomic E-state index is -4.73. The highest BCUT2D eigenvalue weighted by Gasteiger charge is 2.34. The summed E-state index contributed by atoms with van der Waals surface area (Å²) in [6.45, 7) is 0.588. The van der Waals surface area contributed by atoms with Gasteiger partial charge in [-0.15, -0.1) is 13.2 Å². The number of hydrazine groups is 1. The van der Waals surface area contributed by atoms with Gasteiger partial charge < -0.3 is 9.47 Å². The van der Waals surface area contributed by atoms with Crippen LogP contribution in [-0.4, -0.2) is 19.1 Å². The number of nitrogens with one attached hydrogen (secondary N) is 1. The van der Waals surface area contributed by atoms with Crippen molar-refractivity contribution >= 4 is 0 Å². The van der Waals surface area contributed by atoms with E-state index >= 15 is 0 Å². The van der Waals surface area contributed by atoms with Crippen molar-refractivity contribution in [2.45, 2.75) is 37.8 Å². The minimum Gasteiger partial charge on any atom is -0.405 e. The molecule has 0 aliphatic carbocycles. The average Bonchev–Trinajstić information content (AvgIpc) is 2.41. The smallest absolute Gasteiger partial charge is 0.405 e. The summed E-state index contributed by atoms with van der Waals surface area (Å²) >= 11 is 0. The van der Waals surface area contributed by atoms with Gasteiger partial charge in [0.15, 0.2) is 0 Å². The molecule has 112 valence electrons. The second-order valence-corrected chi connectivity index (χ2v) is 4.63. The molecule has 0 radical (unpaired) electrons. The molecule has 0 amide bonds. The predicted octanol–water partition coefficient (Wildman–Crippen LogP) is 2.66. The lowest BCUT2D eigenvalue weighted by Crippen LogP contribution is -2.40. The van der Waals surface area contributed by atoms with E-state index in [1.807, 2.05) is 0 Å². The van der Waals surface area contributed by atoms with Gasteiger partial charge >= 0.3 is 6.36 Å². The van der Waals surface area contributed by atoms with Crippen molar-refractivity contribution < 1.29 is 22.6 Å². The molecule has 1 aromatic carbocycles. The Morgan fingerprint density at radius 3 is 2.65 bits per heavy atom. The van der Waals surface area contributed by atoms with Gasteiger partial charge in [0.2, 0.25) is 0 Å². The third-order valence-corrected chi connectivity index (χ3v) is 3.25. The highest BCUT2D eigenvalue weighted by molar-refractivity contribution is 5.36. The van der Waals surface area contributed by atoms with Crippen molar-refractivity contribution in [2.75, 3.05) is 6.61 Å². The van der Waals surface area contributed by atoms with Crippen LogP contribution in [0.4, 0.5) is 13.2 Å². The van der Waals surface area contributed by atoms with Crippen LogP contribution < -0.4 is 16.0 Å². The Bertz CT molecular complexity index is 434. The zero-order valence-electron chi connectivity index (χ0n) is 10.8. The van der Waals surface area contributed by atoms with Crippen molar-refractivity contribution in [3.05, 3.63) is 29.8 Å². The van der Waals surface area contributed by atoms with Crippen molar-refractivity contribution in [3.8, 4) is 5.75 Å². The molecule has 1 fully saturated rings. The van der Waals surface area contributed by atoms with E-state index in [1.165, 1.54) is 12.1 Å². The first kappa shape index (κ1) is 15.1. The van der Waals surface area contributed by atoms with Crippen LogP contribution in [0.2, 0.25) is 0 Å². The molecule has 0 saturated carbocycles. The summed E-state index contributed by atoms with van der Waals surface area (Å²) in [5.41, 5.74) is 2.89. The highest BCUT2D eigenvalue weighted by Crippen LogP contribution is 2.34. The van der Waals surface area contributed by atoms with Crippen molar-refractivity contribution in [1.82, 2.24) is 5.43 Å². The lowest BCUT2D eigenvalue weighted by Gasteiger charge is -2.31. The zero-order valence-corrected chi connectivity index (χ0v) is 10.8. The maximum absolute atomic E-state index is 12.4. The van der Waals surface area contributed by atoms with Crippen LogP contribution in [0.1, 0.15) is 30.9 Å². The third-order valence-electron chi connectivity index (χ3n) is 3.25. The van der Waals surface area contributed by atoms with E-state index in [1.54, 1.807) is 12.1 Å². The normalized spacial score (nSPS) is 21.5. The van der Waals surface area contributed by atoms with Crippen molar-refractivity contribution in [3.63, 3.8) is 0 Å². The fourth-order valence-corrected chi connectivity index (χ4v) is 2.38. The summed E-state index contributed by atoms with van der Waals surface area (Å²) in [5, 5.41) is 0. The fraction of sp³-hybridized carbons (Fsp3) is 0.538. The maximum Gasteiger partial charge on any atom is 0.573 e. The van der Waals surface area contributed by atoms with Crippen LogP contribution in [0, 0.1) is 0 Å². The first-order chi connectivity index (χ1) is 9.51. The Morgan fingerprint density at radius 2 is 2.05 bits per heavy atom. The number of para-hydroxylation sites is 1. The summed E-state index contributed by atoms with van der Waals surface area (Å²) in [6.07, 6.45) is -2.33.